The van der Waals surface area contributed by atoms with Gasteiger partial charge in [-0.05, 0) is 53.6 Å². The zero-order valence-corrected chi connectivity index (χ0v) is 26.9. The van der Waals surface area contributed by atoms with Gasteiger partial charge in [0.15, 0.2) is 17.5 Å². The Morgan fingerprint density at radius 1 is 0.380 bits per heavy atom. The molecule has 3 aromatic heterocycles. The SMILES string of the molecule is c1ccc(-c2nc(-c3ccccc3)nc(-c3ccc4c(c3)c3ccccc3n4-c3cccc4oc5cccc(-c6ccccc6)c5c34)n2)cc1. The van der Waals surface area contributed by atoms with Gasteiger partial charge in [-0.1, -0.05) is 127 Å². The number of benzene rings is 7. The van der Waals surface area contributed by atoms with Crippen LogP contribution < -0.4 is 0 Å². The van der Waals surface area contributed by atoms with Crippen molar-refractivity contribution in [2.45, 2.75) is 0 Å². The summed E-state index contributed by atoms with van der Waals surface area (Å²) in [5.41, 5.74) is 10.1. The summed E-state index contributed by atoms with van der Waals surface area (Å²) >= 11 is 0. The first kappa shape index (κ1) is 28.2. The van der Waals surface area contributed by atoms with Crippen LogP contribution in [0.1, 0.15) is 0 Å². The Kier molecular flexibility index (Phi) is 6.42. The Hall–Kier alpha value is -6.85. The standard InChI is InChI=1S/C45H28N4O/c1-4-14-29(15-5-1)33-21-12-24-39-41(33)42-38(23-13-25-40(42)50-39)49-36-22-11-10-20-34(36)35-28-32(26-27-37(35)49)45-47-43(30-16-6-2-7-17-30)46-44(48-45)31-18-8-3-9-19-31/h1-28H. The molecule has 0 saturated carbocycles. The summed E-state index contributed by atoms with van der Waals surface area (Å²) in [5, 5.41) is 4.47. The maximum Gasteiger partial charge on any atom is 0.164 e. The Morgan fingerprint density at radius 3 is 1.60 bits per heavy atom. The van der Waals surface area contributed by atoms with E-state index in [4.69, 9.17) is 19.4 Å². The van der Waals surface area contributed by atoms with Crippen LogP contribution in [0.25, 0.3) is 94.7 Å². The lowest BCUT2D eigenvalue weighted by Gasteiger charge is -2.11. The fourth-order valence-corrected chi connectivity index (χ4v) is 7.20. The summed E-state index contributed by atoms with van der Waals surface area (Å²) in [6.07, 6.45) is 0. The van der Waals surface area contributed by atoms with E-state index in [9.17, 15) is 0 Å². The predicted octanol–water partition coefficient (Wildman–Crippen LogP) is 11.5. The van der Waals surface area contributed by atoms with Crippen molar-refractivity contribution in [3.05, 3.63) is 170 Å². The highest BCUT2D eigenvalue weighted by atomic mass is 16.3. The molecule has 3 heterocycles. The molecule has 0 amide bonds. The summed E-state index contributed by atoms with van der Waals surface area (Å²) in [6.45, 7) is 0. The second-order valence-electron chi connectivity index (χ2n) is 12.4. The van der Waals surface area contributed by atoms with Crippen molar-refractivity contribution in [1.82, 2.24) is 19.5 Å². The molecule has 0 radical (unpaired) electrons. The molecule has 0 aliphatic carbocycles. The molecule has 10 aromatic rings. The first-order valence-electron chi connectivity index (χ1n) is 16.7. The number of nitrogens with zero attached hydrogens (tertiary/aromatic N) is 4. The van der Waals surface area contributed by atoms with E-state index in [-0.39, 0.29) is 0 Å². The van der Waals surface area contributed by atoms with E-state index in [2.05, 4.69) is 114 Å². The summed E-state index contributed by atoms with van der Waals surface area (Å²) < 4.78 is 8.88. The zero-order chi connectivity index (χ0) is 33.0. The van der Waals surface area contributed by atoms with E-state index >= 15 is 0 Å². The Balaban J connectivity index is 1.22. The van der Waals surface area contributed by atoms with Gasteiger partial charge in [-0.3, -0.25) is 0 Å². The van der Waals surface area contributed by atoms with Gasteiger partial charge in [0, 0.05) is 32.8 Å². The molecule has 5 heteroatoms. The minimum atomic E-state index is 0.631. The lowest BCUT2D eigenvalue weighted by molar-refractivity contribution is 0.669. The summed E-state index contributed by atoms with van der Waals surface area (Å²) in [7, 11) is 0. The van der Waals surface area contributed by atoms with E-state index in [1.165, 1.54) is 0 Å². The fourth-order valence-electron chi connectivity index (χ4n) is 7.20. The predicted molar refractivity (Wildman–Crippen MR) is 203 cm³/mol. The van der Waals surface area contributed by atoms with Crippen LogP contribution in [0.3, 0.4) is 0 Å². The van der Waals surface area contributed by atoms with Crippen molar-refractivity contribution in [3.8, 4) is 51.0 Å². The Bertz CT molecular complexity index is 2800. The molecule has 0 unspecified atom stereocenters. The van der Waals surface area contributed by atoms with Crippen molar-refractivity contribution < 1.29 is 4.42 Å². The number of para-hydroxylation sites is 1. The number of furan rings is 1. The highest BCUT2D eigenvalue weighted by molar-refractivity contribution is 6.18. The van der Waals surface area contributed by atoms with Gasteiger partial charge in [0.05, 0.1) is 22.1 Å². The minimum Gasteiger partial charge on any atom is -0.456 e. The topological polar surface area (TPSA) is 56.7 Å². The van der Waals surface area contributed by atoms with E-state index in [1.807, 2.05) is 60.7 Å². The number of hydrogen-bond donors (Lipinski definition) is 0. The first-order chi connectivity index (χ1) is 24.8. The second kappa shape index (κ2) is 11.4. The average molecular weight is 641 g/mol. The van der Waals surface area contributed by atoms with Gasteiger partial charge >= 0.3 is 0 Å². The van der Waals surface area contributed by atoms with Crippen LogP contribution in [-0.2, 0) is 0 Å². The van der Waals surface area contributed by atoms with Crippen LogP contribution in [0.5, 0.6) is 0 Å². The van der Waals surface area contributed by atoms with Crippen LogP contribution >= 0.6 is 0 Å². The summed E-state index contributed by atoms with van der Waals surface area (Å²) in [4.78, 5) is 14.9. The van der Waals surface area contributed by atoms with Gasteiger partial charge in [0.2, 0.25) is 0 Å². The lowest BCUT2D eigenvalue weighted by atomic mass is 9.99. The molecule has 10 rings (SSSR count). The second-order valence-corrected chi connectivity index (χ2v) is 12.4. The summed E-state index contributed by atoms with van der Waals surface area (Å²) in [6, 6.07) is 58.5. The molecule has 234 valence electrons. The third-order valence-electron chi connectivity index (χ3n) is 9.46. The fraction of sp³-hybridized carbons (Fsp3) is 0. The molecule has 0 aliphatic heterocycles. The number of fused-ring (bicyclic) bond motifs is 6. The molecule has 0 N–H and O–H groups in total. The van der Waals surface area contributed by atoms with Gasteiger partial charge in [0.25, 0.3) is 0 Å². The molecule has 0 aliphatic rings. The third kappa shape index (κ3) is 4.52. The highest BCUT2D eigenvalue weighted by Gasteiger charge is 2.21. The molecule has 0 fully saturated rings. The number of hydrogen-bond acceptors (Lipinski definition) is 4. The van der Waals surface area contributed by atoms with Crippen LogP contribution in [0.15, 0.2) is 174 Å². The van der Waals surface area contributed by atoms with E-state index in [1.54, 1.807) is 0 Å². The normalized spacial score (nSPS) is 11.6. The average Bonchev–Trinajstić information content (AvgIpc) is 3.74. The van der Waals surface area contributed by atoms with Crippen molar-refractivity contribution in [3.63, 3.8) is 0 Å². The Labute approximate surface area is 287 Å². The third-order valence-corrected chi connectivity index (χ3v) is 9.46. The maximum absolute atomic E-state index is 6.51. The molecule has 7 aromatic carbocycles. The van der Waals surface area contributed by atoms with Gasteiger partial charge < -0.3 is 8.98 Å². The number of aromatic nitrogens is 4. The van der Waals surface area contributed by atoms with Crippen LogP contribution in [0, 0.1) is 0 Å². The van der Waals surface area contributed by atoms with Crippen LogP contribution in [-0.4, -0.2) is 19.5 Å². The highest BCUT2D eigenvalue weighted by Crippen LogP contribution is 2.42. The molecule has 0 atom stereocenters. The van der Waals surface area contributed by atoms with Crippen molar-refractivity contribution in [2.75, 3.05) is 0 Å². The van der Waals surface area contributed by atoms with E-state index in [0.29, 0.717) is 17.5 Å². The number of rotatable bonds is 5. The van der Waals surface area contributed by atoms with Crippen molar-refractivity contribution in [2.24, 2.45) is 0 Å². The first-order valence-corrected chi connectivity index (χ1v) is 16.7. The minimum absolute atomic E-state index is 0.631. The van der Waals surface area contributed by atoms with E-state index in [0.717, 1.165) is 77.2 Å². The van der Waals surface area contributed by atoms with Gasteiger partial charge in [-0.15, -0.1) is 0 Å². The monoisotopic (exact) mass is 640 g/mol. The van der Waals surface area contributed by atoms with Crippen LogP contribution in [0.4, 0.5) is 0 Å². The quantitative estimate of drug-likeness (QED) is 0.188. The summed E-state index contributed by atoms with van der Waals surface area (Å²) in [5.74, 6) is 1.92. The van der Waals surface area contributed by atoms with E-state index < -0.39 is 0 Å². The molecule has 50 heavy (non-hydrogen) atoms. The van der Waals surface area contributed by atoms with Gasteiger partial charge in [0.1, 0.15) is 11.2 Å². The van der Waals surface area contributed by atoms with Crippen molar-refractivity contribution >= 4 is 43.7 Å². The molecule has 0 saturated heterocycles. The zero-order valence-electron chi connectivity index (χ0n) is 26.9. The van der Waals surface area contributed by atoms with Crippen LogP contribution in [0.2, 0.25) is 0 Å². The molecular weight excluding hydrogens is 613 g/mol. The molecule has 5 nitrogen and oxygen atoms in total. The lowest BCUT2D eigenvalue weighted by Crippen LogP contribution is -2.00. The largest absolute Gasteiger partial charge is 0.456 e. The van der Waals surface area contributed by atoms with Gasteiger partial charge in [-0.2, -0.15) is 0 Å². The maximum atomic E-state index is 6.51. The van der Waals surface area contributed by atoms with Gasteiger partial charge in [-0.25, -0.2) is 15.0 Å². The molecule has 0 bridgehead atoms. The molecule has 0 spiro atoms. The molecular formula is C45H28N4O. The van der Waals surface area contributed by atoms with Crippen molar-refractivity contribution in [1.29, 1.82) is 0 Å². The Morgan fingerprint density at radius 2 is 0.920 bits per heavy atom. The smallest absolute Gasteiger partial charge is 0.164 e.